The van der Waals surface area contributed by atoms with Crippen LogP contribution >= 0.6 is 0 Å². The number of nitrogens with zero attached hydrogens (tertiary/aromatic N) is 1. The van der Waals surface area contributed by atoms with Crippen molar-refractivity contribution in [3.8, 4) is 0 Å². The maximum atomic E-state index is 11.7. The lowest BCUT2D eigenvalue weighted by molar-refractivity contribution is -0.125. The highest BCUT2D eigenvalue weighted by atomic mass is 32.2. The predicted octanol–water partition coefficient (Wildman–Crippen LogP) is -0.572. The van der Waals surface area contributed by atoms with E-state index in [0.717, 1.165) is 0 Å². The Morgan fingerprint density at radius 1 is 1.41 bits per heavy atom. The van der Waals surface area contributed by atoms with Gasteiger partial charge in [-0.3, -0.25) is 9.00 Å². The van der Waals surface area contributed by atoms with Crippen molar-refractivity contribution in [1.29, 1.82) is 0 Å². The molecule has 0 rings (SSSR count). The molecule has 0 radical (unpaired) electrons. The molecule has 2 unspecified atom stereocenters. The Kier molecular flexibility index (Phi) is 7.58. The lowest BCUT2D eigenvalue weighted by Gasteiger charge is -2.24. The van der Waals surface area contributed by atoms with Crippen molar-refractivity contribution >= 4 is 16.7 Å². The summed E-state index contributed by atoms with van der Waals surface area (Å²) in [6.45, 7) is 4.00. The largest absolute Gasteiger partial charge is 0.390 e. The molecule has 0 saturated heterocycles. The first-order valence-electron chi connectivity index (χ1n) is 5.67. The van der Waals surface area contributed by atoms with Crippen LogP contribution in [0, 0.1) is 5.92 Å². The van der Waals surface area contributed by atoms with Crippen molar-refractivity contribution in [2.24, 2.45) is 5.92 Å². The fraction of sp³-hybridized carbons (Fsp3) is 0.909. The average molecular weight is 264 g/mol. The fourth-order valence-corrected chi connectivity index (χ4v) is 2.28. The number of rotatable bonds is 7. The summed E-state index contributed by atoms with van der Waals surface area (Å²) in [6.07, 6.45) is 0.974. The molecule has 1 amide bonds. The van der Waals surface area contributed by atoms with Crippen molar-refractivity contribution in [1.82, 2.24) is 10.2 Å². The van der Waals surface area contributed by atoms with E-state index < -0.39 is 16.9 Å². The summed E-state index contributed by atoms with van der Waals surface area (Å²) in [5, 5.41) is 12.5. The highest BCUT2D eigenvalue weighted by molar-refractivity contribution is 7.84. The number of hydrogen-bond donors (Lipinski definition) is 2. The molecule has 2 N–H and O–H groups in total. The van der Waals surface area contributed by atoms with Gasteiger partial charge in [-0.2, -0.15) is 0 Å². The van der Waals surface area contributed by atoms with Crippen molar-refractivity contribution in [2.45, 2.75) is 26.0 Å². The second-order valence-electron chi connectivity index (χ2n) is 4.77. The molecule has 6 heteroatoms. The van der Waals surface area contributed by atoms with E-state index in [1.807, 2.05) is 19.0 Å². The standard InChI is InChI=1S/C11H24N2O3S/c1-8(7-17(5)16)11(15)12-9(2)10(14)6-13(3)4/h8-10,14H,6-7H2,1-5H3,(H,12,15)/t8?,9-,10+,17?/m0/s1. The van der Waals surface area contributed by atoms with E-state index in [-0.39, 0.29) is 17.9 Å². The first-order chi connectivity index (χ1) is 7.73. The maximum Gasteiger partial charge on any atom is 0.224 e. The topological polar surface area (TPSA) is 69.6 Å². The molecule has 0 aromatic carbocycles. The third kappa shape index (κ3) is 7.46. The number of aliphatic hydroxyl groups excluding tert-OH is 1. The van der Waals surface area contributed by atoms with Crippen LogP contribution in [0.15, 0.2) is 0 Å². The van der Waals surface area contributed by atoms with E-state index in [1.165, 1.54) is 0 Å². The third-order valence-electron chi connectivity index (χ3n) is 2.43. The highest BCUT2D eigenvalue weighted by Gasteiger charge is 2.21. The molecule has 0 bridgehead atoms. The van der Waals surface area contributed by atoms with Gasteiger partial charge in [0, 0.05) is 35.3 Å². The Bertz CT molecular complexity index is 271. The average Bonchev–Trinajstić information content (AvgIpc) is 2.15. The van der Waals surface area contributed by atoms with Crippen LogP contribution in [0.3, 0.4) is 0 Å². The van der Waals surface area contributed by atoms with Gasteiger partial charge in [-0.15, -0.1) is 0 Å². The van der Waals surface area contributed by atoms with Crippen LogP contribution in [0.2, 0.25) is 0 Å². The van der Waals surface area contributed by atoms with Gasteiger partial charge in [-0.1, -0.05) is 6.92 Å². The third-order valence-corrected chi connectivity index (χ3v) is 3.40. The first-order valence-corrected chi connectivity index (χ1v) is 7.40. The van der Waals surface area contributed by atoms with Crippen molar-refractivity contribution in [3.63, 3.8) is 0 Å². The van der Waals surface area contributed by atoms with Crippen molar-refractivity contribution in [2.75, 3.05) is 32.6 Å². The molecule has 0 aromatic heterocycles. The summed E-state index contributed by atoms with van der Waals surface area (Å²) in [5.41, 5.74) is 0. The van der Waals surface area contributed by atoms with Crippen molar-refractivity contribution < 1.29 is 14.1 Å². The van der Waals surface area contributed by atoms with Crippen LogP contribution in [0.4, 0.5) is 0 Å². The lowest BCUT2D eigenvalue weighted by Crippen LogP contribution is -2.47. The SMILES string of the molecule is CC(CS(C)=O)C(=O)N[C@@H](C)[C@H](O)CN(C)C. The number of carbonyl (C=O) groups is 1. The Morgan fingerprint density at radius 3 is 2.35 bits per heavy atom. The molecule has 0 aliphatic heterocycles. The fourth-order valence-electron chi connectivity index (χ4n) is 1.42. The van der Waals surface area contributed by atoms with Gasteiger partial charge in [0.2, 0.25) is 5.91 Å². The summed E-state index contributed by atoms with van der Waals surface area (Å²) in [6, 6.07) is -0.308. The monoisotopic (exact) mass is 264 g/mol. The van der Waals surface area contributed by atoms with Gasteiger partial charge in [0.25, 0.3) is 0 Å². The molecule has 4 atom stereocenters. The molecular weight excluding hydrogens is 240 g/mol. The van der Waals surface area contributed by atoms with E-state index in [2.05, 4.69) is 5.32 Å². The Balaban J connectivity index is 4.14. The number of carbonyl (C=O) groups excluding carboxylic acids is 1. The molecule has 0 heterocycles. The van der Waals surface area contributed by atoms with E-state index in [0.29, 0.717) is 12.3 Å². The van der Waals surface area contributed by atoms with Gasteiger partial charge in [0.15, 0.2) is 0 Å². The number of hydrogen-bond acceptors (Lipinski definition) is 4. The van der Waals surface area contributed by atoms with Gasteiger partial charge < -0.3 is 15.3 Å². The molecule has 0 aliphatic rings. The zero-order chi connectivity index (χ0) is 13.6. The number of nitrogens with one attached hydrogen (secondary N) is 1. The molecule has 17 heavy (non-hydrogen) atoms. The van der Waals surface area contributed by atoms with E-state index >= 15 is 0 Å². The smallest absolute Gasteiger partial charge is 0.224 e. The Morgan fingerprint density at radius 2 is 1.94 bits per heavy atom. The van der Waals surface area contributed by atoms with Gasteiger partial charge >= 0.3 is 0 Å². The van der Waals surface area contributed by atoms with Crippen LogP contribution in [0.25, 0.3) is 0 Å². The van der Waals surface area contributed by atoms with Gasteiger partial charge in [0.1, 0.15) is 0 Å². The summed E-state index contributed by atoms with van der Waals surface area (Å²) >= 11 is 0. The number of likely N-dealkylation sites (N-methyl/N-ethyl adjacent to an activating group) is 1. The van der Waals surface area contributed by atoms with Crippen molar-refractivity contribution in [3.05, 3.63) is 0 Å². The molecule has 102 valence electrons. The Labute approximate surface area is 106 Å². The van der Waals surface area contributed by atoms with Crippen LogP contribution in [-0.4, -0.2) is 64.9 Å². The molecule has 0 fully saturated rings. The molecule has 0 spiro atoms. The Hall–Kier alpha value is -0.460. The van der Waals surface area contributed by atoms with Gasteiger partial charge in [0.05, 0.1) is 12.1 Å². The van der Waals surface area contributed by atoms with Crippen LogP contribution < -0.4 is 5.32 Å². The summed E-state index contributed by atoms with van der Waals surface area (Å²) < 4.78 is 11.0. The minimum absolute atomic E-state index is 0.162. The molecule has 0 aromatic rings. The normalized spacial score (nSPS) is 18.5. The van der Waals surface area contributed by atoms with Gasteiger partial charge in [-0.05, 0) is 21.0 Å². The molecule has 5 nitrogen and oxygen atoms in total. The number of aliphatic hydroxyl groups is 1. The van der Waals surface area contributed by atoms with Gasteiger partial charge in [-0.25, -0.2) is 0 Å². The summed E-state index contributed by atoms with van der Waals surface area (Å²) in [4.78, 5) is 13.6. The summed E-state index contributed by atoms with van der Waals surface area (Å²) in [7, 11) is 2.74. The molecular formula is C11H24N2O3S. The van der Waals surface area contributed by atoms with Crippen LogP contribution in [-0.2, 0) is 15.6 Å². The minimum atomic E-state index is -0.982. The zero-order valence-corrected chi connectivity index (χ0v) is 12.1. The maximum absolute atomic E-state index is 11.7. The quantitative estimate of drug-likeness (QED) is 0.646. The van der Waals surface area contributed by atoms with E-state index in [4.69, 9.17) is 0 Å². The molecule has 0 aliphatic carbocycles. The summed E-state index contributed by atoms with van der Waals surface area (Å²) in [5.74, 6) is -0.108. The van der Waals surface area contributed by atoms with E-state index in [1.54, 1.807) is 20.1 Å². The van der Waals surface area contributed by atoms with Crippen LogP contribution in [0.5, 0.6) is 0 Å². The zero-order valence-electron chi connectivity index (χ0n) is 11.3. The minimum Gasteiger partial charge on any atom is -0.390 e. The second kappa shape index (κ2) is 7.79. The second-order valence-corrected chi connectivity index (χ2v) is 6.25. The predicted molar refractivity (Wildman–Crippen MR) is 70.3 cm³/mol. The van der Waals surface area contributed by atoms with E-state index in [9.17, 15) is 14.1 Å². The lowest BCUT2D eigenvalue weighted by atomic mass is 10.1. The first kappa shape index (κ1) is 16.5. The molecule has 0 saturated carbocycles. The van der Waals surface area contributed by atoms with Crippen LogP contribution in [0.1, 0.15) is 13.8 Å². The number of amides is 1. The highest BCUT2D eigenvalue weighted by Crippen LogP contribution is 2.01.